The second kappa shape index (κ2) is 7.79. The van der Waals surface area contributed by atoms with Gasteiger partial charge in [-0.2, -0.15) is 0 Å². The first kappa shape index (κ1) is 16.3. The van der Waals surface area contributed by atoms with Crippen LogP contribution in [0.25, 0.3) is 0 Å². The van der Waals surface area contributed by atoms with E-state index in [1.165, 1.54) is 24.0 Å². The quantitative estimate of drug-likeness (QED) is 0.648. The van der Waals surface area contributed by atoms with Gasteiger partial charge in [0, 0.05) is 5.92 Å². The second-order valence-electron chi connectivity index (χ2n) is 6.52. The molecule has 23 heavy (non-hydrogen) atoms. The van der Waals surface area contributed by atoms with E-state index in [0.29, 0.717) is 12.0 Å². The molecular weight excluding hydrogens is 280 g/mol. The molecule has 2 aromatic rings. The average Bonchev–Trinajstić information content (AvgIpc) is 2.54. The lowest BCUT2D eigenvalue weighted by Crippen LogP contribution is -2.35. The molecule has 2 aromatic carbocycles. The molecule has 3 rings (SSSR count). The molecule has 0 spiro atoms. The highest BCUT2D eigenvalue weighted by Crippen LogP contribution is 2.43. The summed E-state index contributed by atoms with van der Waals surface area (Å²) in [7, 11) is 0. The Kier molecular flexibility index (Phi) is 5.51. The van der Waals surface area contributed by atoms with Gasteiger partial charge in [0.25, 0.3) is 0 Å². The Labute approximate surface area is 140 Å². The topological polar surface area (TPSA) is 9.23 Å². The zero-order chi connectivity index (χ0) is 16.1. The maximum Gasteiger partial charge on any atom is 0.0720 e. The number of hydrogen-bond donors (Lipinski definition) is 0. The smallest absolute Gasteiger partial charge is 0.0720 e. The molecule has 0 saturated heterocycles. The van der Waals surface area contributed by atoms with Crippen LogP contribution in [-0.2, 0) is 11.3 Å². The van der Waals surface area contributed by atoms with Gasteiger partial charge < -0.3 is 4.74 Å². The van der Waals surface area contributed by atoms with E-state index in [2.05, 4.69) is 62.4 Å². The highest BCUT2D eigenvalue weighted by atomic mass is 16.5. The van der Waals surface area contributed by atoms with Gasteiger partial charge in [0.1, 0.15) is 0 Å². The molecule has 1 fully saturated rings. The minimum absolute atomic E-state index is 0.407. The largest absolute Gasteiger partial charge is 0.374 e. The molecule has 0 N–H and O–H groups in total. The molecule has 1 nitrogen and oxygen atoms in total. The zero-order valence-electron chi connectivity index (χ0n) is 14.0. The van der Waals surface area contributed by atoms with Gasteiger partial charge in [0.2, 0.25) is 0 Å². The van der Waals surface area contributed by atoms with E-state index in [4.69, 9.17) is 4.74 Å². The maximum absolute atomic E-state index is 6.06. The van der Waals surface area contributed by atoms with Gasteiger partial charge in [0.05, 0.1) is 12.7 Å². The molecule has 0 aliphatic heterocycles. The first-order valence-electron chi connectivity index (χ1n) is 8.70. The van der Waals surface area contributed by atoms with E-state index < -0.39 is 0 Å². The molecule has 0 aromatic heterocycles. The molecule has 120 valence electrons. The summed E-state index contributed by atoms with van der Waals surface area (Å²) >= 11 is 0. The Balaban J connectivity index is 1.55. The molecule has 0 bridgehead atoms. The van der Waals surface area contributed by atoms with Crippen LogP contribution >= 0.6 is 0 Å². The SMILES string of the molecule is [CH2]c1ccccc1[C](CCC)C1CC(OCc2ccccc2)C1. The minimum Gasteiger partial charge on any atom is -0.374 e. The molecule has 0 atom stereocenters. The normalized spacial score (nSPS) is 20.5. The van der Waals surface area contributed by atoms with E-state index >= 15 is 0 Å². The summed E-state index contributed by atoms with van der Waals surface area (Å²) in [6.07, 6.45) is 5.06. The number of ether oxygens (including phenoxy) is 1. The summed E-state index contributed by atoms with van der Waals surface area (Å²) < 4.78 is 6.06. The Hall–Kier alpha value is -1.60. The monoisotopic (exact) mass is 306 g/mol. The lowest BCUT2D eigenvalue weighted by molar-refractivity contribution is -0.0360. The van der Waals surface area contributed by atoms with E-state index in [1.807, 2.05) is 6.07 Å². The van der Waals surface area contributed by atoms with Crippen LogP contribution in [0.5, 0.6) is 0 Å². The van der Waals surface area contributed by atoms with Crippen LogP contribution in [0.4, 0.5) is 0 Å². The third-order valence-electron chi connectivity index (χ3n) is 4.80. The molecule has 0 unspecified atom stereocenters. The van der Waals surface area contributed by atoms with Crippen LogP contribution < -0.4 is 0 Å². The second-order valence-corrected chi connectivity index (χ2v) is 6.52. The molecule has 1 saturated carbocycles. The average molecular weight is 306 g/mol. The van der Waals surface area contributed by atoms with Crippen molar-refractivity contribution in [3.63, 3.8) is 0 Å². The molecule has 0 heterocycles. The summed E-state index contributed by atoms with van der Waals surface area (Å²) in [4.78, 5) is 0. The van der Waals surface area contributed by atoms with Crippen LogP contribution in [-0.4, -0.2) is 6.10 Å². The predicted octanol–water partition coefficient (Wildman–Crippen LogP) is 5.59. The van der Waals surface area contributed by atoms with E-state index in [-0.39, 0.29) is 0 Å². The third kappa shape index (κ3) is 4.03. The Morgan fingerprint density at radius 2 is 1.74 bits per heavy atom. The summed E-state index contributed by atoms with van der Waals surface area (Å²) in [6.45, 7) is 7.19. The van der Waals surface area contributed by atoms with Crippen molar-refractivity contribution in [2.75, 3.05) is 0 Å². The molecule has 2 radical (unpaired) electrons. The Morgan fingerprint density at radius 1 is 1.04 bits per heavy atom. The van der Waals surface area contributed by atoms with Crippen molar-refractivity contribution in [2.24, 2.45) is 5.92 Å². The van der Waals surface area contributed by atoms with E-state index in [1.54, 1.807) is 5.92 Å². The van der Waals surface area contributed by atoms with E-state index in [9.17, 15) is 0 Å². The van der Waals surface area contributed by atoms with E-state index in [0.717, 1.165) is 25.0 Å². The fourth-order valence-corrected chi connectivity index (χ4v) is 3.44. The van der Waals surface area contributed by atoms with Crippen LogP contribution in [0.15, 0.2) is 54.6 Å². The van der Waals surface area contributed by atoms with Gasteiger partial charge in [-0.05, 0) is 48.8 Å². The molecule has 1 aliphatic carbocycles. The Bertz CT molecular complexity index is 598. The van der Waals surface area contributed by atoms with Crippen LogP contribution in [0, 0.1) is 18.8 Å². The molecule has 1 heteroatoms. The summed E-state index contributed by atoms with van der Waals surface area (Å²) in [5.74, 6) is 2.25. The van der Waals surface area contributed by atoms with Crippen molar-refractivity contribution in [1.29, 1.82) is 0 Å². The first-order valence-corrected chi connectivity index (χ1v) is 8.70. The lowest BCUT2D eigenvalue weighted by Gasteiger charge is -2.40. The molecule has 0 amide bonds. The summed E-state index contributed by atoms with van der Waals surface area (Å²) in [5, 5.41) is 0. The van der Waals surface area contributed by atoms with Gasteiger partial charge in [-0.25, -0.2) is 0 Å². The fourth-order valence-electron chi connectivity index (χ4n) is 3.44. The highest BCUT2D eigenvalue weighted by Gasteiger charge is 2.36. The Morgan fingerprint density at radius 3 is 2.43 bits per heavy atom. The third-order valence-corrected chi connectivity index (χ3v) is 4.80. The van der Waals surface area contributed by atoms with Gasteiger partial charge in [-0.3, -0.25) is 0 Å². The standard InChI is InChI=1S/C22H26O/c1-3-9-22(21-13-8-7-10-17(21)2)19-14-20(15-19)23-16-18-11-5-4-6-12-18/h4-8,10-13,19-20H,2-3,9,14-16H2,1H3. The predicted molar refractivity (Wildman–Crippen MR) is 95.9 cm³/mol. The minimum atomic E-state index is 0.407. The molecular formula is C22H26O. The first-order chi connectivity index (χ1) is 11.3. The van der Waals surface area contributed by atoms with Crippen molar-refractivity contribution in [3.05, 3.63) is 84.1 Å². The lowest BCUT2D eigenvalue weighted by atomic mass is 9.69. The van der Waals surface area contributed by atoms with Crippen LogP contribution in [0.3, 0.4) is 0 Å². The number of rotatable bonds is 7. The molecule has 1 aliphatic rings. The van der Waals surface area contributed by atoms with Gasteiger partial charge in [-0.15, -0.1) is 0 Å². The highest BCUT2D eigenvalue weighted by molar-refractivity contribution is 5.41. The maximum atomic E-state index is 6.06. The van der Waals surface area contributed by atoms with Gasteiger partial charge in [0.15, 0.2) is 0 Å². The van der Waals surface area contributed by atoms with Crippen LogP contribution in [0.2, 0.25) is 0 Å². The van der Waals surface area contributed by atoms with Crippen molar-refractivity contribution < 1.29 is 4.74 Å². The fraction of sp³-hybridized carbons (Fsp3) is 0.364. The van der Waals surface area contributed by atoms with Crippen molar-refractivity contribution in [1.82, 2.24) is 0 Å². The van der Waals surface area contributed by atoms with Gasteiger partial charge in [-0.1, -0.05) is 67.9 Å². The van der Waals surface area contributed by atoms with Crippen LogP contribution in [0.1, 0.15) is 49.3 Å². The summed E-state index contributed by atoms with van der Waals surface area (Å²) in [5.41, 5.74) is 3.78. The van der Waals surface area contributed by atoms with Gasteiger partial charge >= 0.3 is 0 Å². The number of hydrogen-bond acceptors (Lipinski definition) is 1. The number of benzene rings is 2. The van der Waals surface area contributed by atoms with Crippen molar-refractivity contribution >= 4 is 0 Å². The summed E-state index contributed by atoms with van der Waals surface area (Å²) in [6, 6.07) is 19.0. The van der Waals surface area contributed by atoms with Crippen molar-refractivity contribution in [2.45, 2.75) is 45.3 Å². The zero-order valence-corrected chi connectivity index (χ0v) is 14.0. The van der Waals surface area contributed by atoms with Crippen molar-refractivity contribution in [3.8, 4) is 0 Å².